The summed E-state index contributed by atoms with van der Waals surface area (Å²) in [4.78, 5) is 18.6. The third kappa shape index (κ3) is 3.77. The van der Waals surface area contributed by atoms with Crippen LogP contribution in [0, 0.1) is 0 Å². The molecule has 1 aromatic carbocycles. The molecule has 2 N–H and O–H groups in total. The smallest absolute Gasteiger partial charge is 0.335 e. The Hall–Kier alpha value is -3.19. The van der Waals surface area contributed by atoms with Crippen LogP contribution < -0.4 is 5.32 Å². The van der Waals surface area contributed by atoms with Crippen molar-refractivity contribution in [2.75, 3.05) is 0 Å². The lowest BCUT2D eigenvalue weighted by molar-refractivity contribution is 0.0697. The van der Waals surface area contributed by atoms with Crippen molar-refractivity contribution in [3.8, 4) is 5.69 Å². The van der Waals surface area contributed by atoms with E-state index >= 15 is 0 Å². The Bertz CT molecular complexity index is 1120. The van der Waals surface area contributed by atoms with Crippen molar-refractivity contribution >= 4 is 23.3 Å². The predicted octanol–water partition coefficient (Wildman–Crippen LogP) is 4.88. The first-order valence-corrected chi connectivity index (χ1v) is 11.5. The Morgan fingerprint density at radius 3 is 2.66 bits per heavy atom. The monoisotopic (exact) mass is 446 g/mol. The van der Waals surface area contributed by atoms with Crippen molar-refractivity contribution < 1.29 is 9.90 Å². The van der Waals surface area contributed by atoms with Crippen LogP contribution in [0.1, 0.15) is 65.9 Å². The third-order valence-electron chi connectivity index (χ3n) is 6.56. The summed E-state index contributed by atoms with van der Waals surface area (Å²) in [6.07, 6.45) is 9.77. The van der Waals surface area contributed by atoms with Crippen LogP contribution >= 0.6 is 12.2 Å². The first-order valence-electron chi connectivity index (χ1n) is 11.1. The number of hydrogen-bond acceptors (Lipinski definition) is 3. The maximum atomic E-state index is 11.5. The Balaban J connectivity index is 1.61. The Morgan fingerprint density at radius 2 is 1.91 bits per heavy atom. The second kappa shape index (κ2) is 8.74. The van der Waals surface area contributed by atoms with Gasteiger partial charge in [0.1, 0.15) is 0 Å². The van der Waals surface area contributed by atoms with E-state index in [0.29, 0.717) is 6.04 Å². The summed E-state index contributed by atoms with van der Waals surface area (Å²) in [6.45, 7) is 0. The average molecular weight is 447 g/mol. The van der Waals surface area contributed by atoms with Gasteiger partial charge >= 0.3 is 5.97 Å². The maximum absolute atomic E-state index is 11.5. The minimum Gasteiger partial charge on any atom is -0.478 e. The van der Waals surface area contributed by atoms with E-state index in [-0.39, 0.29) is 17.6 Å². The number of rotatable bonds is 5. The van der Waals surface area contributed by atoms with Gasteiger partial charge in [-0.2, -0.15) is 0 Å². The zero-order valence-electron chi connectivity index (χ0n) is 17.7. The summed E-state index contributed by atoms with van der Waals surface area (Å²) in [5, 5.41) is 13.8. The van der Waals surface area contributed by atoms with E-state index in [4.69, 9.17) is 12.2 Å². The molecule has 0 spiro atoms. The molecule has 6 nitrogen and oxygen atoms in total. The van der Waals surface area contributed by atoms with Crippen molar-refractivity contribution in [2.45, 2.75) is 50.2 Å². The summed E-state index contributed by atoms with van der Waals surface area (Å²) >= 11 is 5.86. The fourth-order valence-electron chi connectivity index (χ4n) is 5.09. The lowest BCUT2D eigenvalue weighted by Crippen LogP contribution is -2.40. The van der Waals surface area contributed by atoms with Crippen LogP contribution in [0.5, 0.6) is 0 Å². The van der Waals surface area contributed by atoms with Gasteiger partial charge in [-0.05, 0) is 67.5 Å². The van der Waals surface area contributed by atoms with Crippen LogP contribution in [-0.4, -0.2) is 36.7 Å². The van der Waals surface area contributed by atoms with Gasteiger partial charge in [-0.3, -0.25) is 4.98 Å². The number of carbonyl (C=O) groups is 1. The van der Waals surface area contributed by atoms with Gasteiger partial charge in [-0.25, -0.2) is 4.79 Å². The average Bonchev–Trinajstić information content (AvgIpc) is 3.44. The molecule has 164 valence electrons. The molecule has 3 aromatic rings. The van der Waals surface area contributed by atoms with Crippen molar-refractivity contribution in [1.82, 2.24) is 19.8 Å². The number of thiocarbonyl (C=S) groups is 1. The van der Waals surface area contributed by atoms with Gasteiger partial charge in [-0.1, -0.05) is 31.4 Å². The normalized spacial score (nSPS) is 21.5. The molecule has 5 rings (SSSR count). The molecule has 1 saturated carbocycles. The number of carboxylic acids is 1. The van der Waals surface area contributed by atoms with Gasteiger partial charge in [0.25, 0.3) is 0 Å². The van der Waals surface area contributed by atoms with Crippen LogP contribution in [0.4, 0.5) is 0 Å². The molecule has 32 heavy (non-hydrogen) atoms. The molecule has 1 saturated heterocycles. The molecule has 2 fully saturated rings. The van der Waals surface area contributed by atoms with Gasteiger partial charge in [-0.15, -0.1) is 0 Å². The lowest BCUT2D eigenvalue weighted by Gasteiger charge is -2.37. The van der Waals surface area contributed by atoms with Crippen LogP contribution in [0.25, 0.3) is 5.69 Å². The van der Waals surface area contributed by atoms with Crippen molar-refractivity contribution in [1.29, 1.82) is 0 Å². The number of aromatic carboxylic acids is 1. The van der Waals surface area contributed by atoms with Crippen molar-refractivity contribution in [3.05, 3.63) is 83.9 Å². The highest BCUT2D eigenvalue weighted by Crippen LogP contribution is 2.43. The third-order valence-corrected chi connectivity index (χ3v) is 6.89. The number of nitrogens with zero attached hydrogens (tertiary/aromatic N) is 3. The molecular formula is C25H26N4O2S. The van der Waals surface area contributed by atoms with Crippen LogP contribution in [0.3, 0.4) is 0 Å². The SMILES string of the molecule is O=C(O)c1cccc(-n2cccc2[C@H]2[C@@H](c3ccccn3)NC(=S)N2C2CCCCC2)c1. The van der Waals surface area contributed by atoms with Gasteiger partial charge in [0.15, 0.2) is 5.11 Å². The Labute approximate surface area is 192 Å². The van der Waals surface area contributed by atoms with E-state index in [1.807, 2.05) is 42.7 Å². The molecule has 0 amide bonds. The van der Waals surface area contributed by atoms with Gasteiger partial charge in [0.05, 0.1) is 23.3 Å². The predicted molar refractivity (Wildman–Crippen MR) is 127 cm³/mol. The fourth-order valence-corrected chi connectivity index (χ4v) is 5.48. The molecule has 0 radical (unpaired) electrons. The molecule has 2 aromatic heterocycles. The molecular weight excluding hydrogens is 420 g/mol. The van der Waals surface area contributed by atoms with Gasteiger partial charge in [0, 0.05) is 29.8 Å². The highest BCUT2D eigenvalue weighted by Gasteiger charge is 2.44. The maximum Gasteiger partial charge on any atom is 0.335 e. The summed E-state index contributed by atoms with van der Waals surface area (Å²) < 4.78 is 2.08. The van der Waals surface area contributed by atoms with Crippen LogP contribution in [0.15, 0.2) is 67.0 Å². The van der Waals surface area contributed by atoms with Gasteiger partial charge in [0.2, 0.25) is 0 Å². The molecule has 1 aliphatic carbocycles. The number of aromatic nitrogens is 2. The van der Waals surface area contributed by atoms with E-state index in [1.165, 1.54) is 19.3 Å². The quantitative estimate of drug-likeness (QED) is 0.545. The Morgan fingerprint density at radius 1 is 1.06 bits per heavy atom. The number of benzene rings is 1. The number of carboxylic acid groups (broad SMARTS) is 1. The minimum atomic E-state index is -0.931. The zero-order valence-corrected chi connectivity index (χ0v) is 18.5. The number of nitrogens with one attached hydrogen (secondary N) is 1. The molecule has 2 aliphatic rings. The van der Waals surface area contributed by atoms with Crippen LogP contribution in [0.2, 0.25) is 0 Å². The molecule has 2 atom stereocenters. The zero-order chi connectivity index (χ0) is 22.1. The highest BCUT2D eigenvalue weighted by atomic mass is 32.1. The molecule has 0 unspecified atom stereocenters. The number of pyridine rings is 1. The lowest BCUT2D eigenvalue weighted by atomic mass is 9.92. The van der Waals surface area contributed by atoms with Gasteiger partial charge < -0.3 is 19.9 Å². The van der Waals surface area contributed by atoms with E-state index in [9.17, 15) is 9.90 Å². The second-order valence-corrected chi connectivity index (χ2v) is 8.87. The summed E-state index contributed by atoms with van der Waals surface area (Å²) in [5.74, 6) is -0.931. The largest absolute Gasteiger partial charge is 0.478 e. The molecule has 1 aliphatic heterocycles. The summed E-state index contributed by atoms with van der Waals surface area (Å²) in [5.41, 5.74) is 3.12. The van der Waals surface area contributed by atoms with Crippen molar-refractivity contribution in [3.63, 3.8) is 0 Å². The van der Waals surface area contributed by atoms with E-state index in [2.05, 4.69) is 25.8 Å². The fraction of sp³-hybridized carbons (Fsp3) is 0.320. The highest BCUT2D eigenvalue weighted by molar-refractivity contribution is 7.80. The first kappa shape index (κ1) is 20.7. The topological polar surface area (TPSA) is 70.4 Å². The first-order chi connectivity index (χ1) is 15.6. The van der Waals surface area contributed by atoms with E-state index in [1.54, 1.807) is 18.2 Å². The summed E-state index contributed by atoms with van der Waals surface area (Å²) in [6, 6.07) is 17.4. The van der Waals surface area contributed by atoms with E-state index < -0.39 is 5.97 Å². The Kier molecular flexibility index (Phi) is 5.66. The van der Waals surface area contributed by atoms with E-state index in [0.717, 1.165) is 35.0 Å². The van der Waals surface area contributed by atoms with Crippen molar-refractivity contribution in [2.24, 2.45) is 0 Å². The summed E-state index contributed by atoms with van der Waals surface area (Å²) in [7, 11) is 0. The van der Waals surface area contributed by atoms with Crippen LogP contribution in [-0.2, 0) is 0 Å². The molecule has 3 heterocycles. The minimum absolute atomic E-state index is 0.0380. The molecule has 0 bridgehead atoms. The number of hydrogen-bond donors (Lipinski definition) is 2. The molecule has 7 heteroatoms. The second-order valence-electron chi connectivity index (χ2n) is 8.48. The standard InChI is InChI=1S/C25H26N4O2S/c30-24(31)17-8-6-11-19(16-17)28-15-7-13-21(28)23-22(20-12-4-5-14-26-20)27-25(32)29(23)18-9-2-1-3-10-18/h4-8,11-16,18,22-23H,1-3,9-10H2,(H,27,32)(H,30,31)/t22-,23+/m1/s1.